The van der Waals surface area contributed by atoms with Crippen LogP contribution in [0.2, 0.25) is 5.02 Å². The van der Waals surface area contributed by atoms with E-state index in [0.717, 1.165) is 4.90 Å². The first kappa shape index (κ1) is 20.7. The molecule has 0 aromatic heterocycles. The van der Waals surface area contributed by atoms with Gasteiger partial charge < -0.3 is 15.7 Å². The number of carboxylic acids is 1. The Morgan fingerprint density at radius 2 is 1.89 bits per heavy atom. The van der Waals surface area contributed by atoms with E-state index in [0.29, 0.717) is 17.1 Å². The molecular weight excluding hydrogens is 374 g/mol. The van der Waals surface area contributed by atoms with Crippen LogP contribution in [0.1, 0.15) is 33.1 Å². The van der Waals surface area contributed by atoms with Crippen molar-refractivity contribution in [2.24, 2.45) is 5.92 Å². The number of nitrogens with zero attached hydrogens (tertiary/aromatic N) is 1. The van der Waals surface area contributed by atoms with Gasteiger partial charge in [0.05, 0.1) is 5.69 Å². The van der Waals surface area contributed by atoms with Gasteiger partial charge in [0.1, 0.15) is 12.1 Å². The molecule has 0 saturated carbocycles. The van der Waals surface area contributed by atoms with Gasteiger partial charge in [-0.1, -0.05) is 25.4 Å². The zero-order chi connectivity index (χ0) is 20.1. The summed E-state index contributed by atoms with van der Waals surface area (Å²) in [6.07, 6.45) is 0.312. The third-order valence-electron chi connectivity index (χ3n) is 4.10. The van der Waals surface area contributed by atoms with Crippen molar-refractivity contribution in [2.75, 3.05) is 4.90 Å². The van der Waals surface area contributed by atoms with Crippen LogP contribution in [0.15, 0.2) is 24.3 Å². The van der Waals surface area contributed by atoms with Gasteiger partial charge in [-0.2, -0.15) is 0 Å². The highest BCUT2D eigenvalue weighted by molar-refractivity contribution is 6.30. The summed E-state index contributed by atoms with van der Waals surface area (Å²) in [5.41, 5.74) is 0.386. The number of benzene rings is 1. The van der Waals surface area contributed by atoms with Gasteiger partial charge in [-0.3, -0.25) is 9.59 Å². The highest BCUT2D eigenvalue weighted by Crippen LogP contribution is 2.23. The molecule has 1 aliphatic heterocycles. The molecule has 1 aromatic rings. The van der Waals surface area contributed by atoms with E-state index in [-0.39, 0.29) is 18.8 Å². The Kier molecular flexibility index (Phi) is 6.79. The lowest BCUT2D eigenvalue weighted by atomic mass is 10.0. The van der Waals surface area contributed by atoms with Crippen molar-refractivity contribution in [1.82, 2.24) is 10.6 Å². The Balaban J connectivity index is 1.93. The third kappa shape index (κ3) is 5.43. The molecule has 2 atom stereocenters. The molecule has 1 heterocycles. The van der Waals surface area contributed by atoms with Gasteiger partial charge in [0.2, 0.25) is 5.91 Å². The van der Waals surface area contributed by atoms with Crippen LogP contribution in [-0.2, 0) is 14.4 Å². The topological polar surface area (TPSA) is 116 Å². The number of carbonyl (C=O) groups is 4. The first-order chi connectivity index (χ1) is 12.7. The van der Waals surface area contributed by atoms with Crippen LogP contribution in [-0.4, -0.2) is 41.0 Å². The minimum absolute atomic E-state index is 0.0764. The predicted octanol–water partition coefficient (Wildman–Crippen LogP) is 2.16. The van der Waals surface area contributed by atoms with Gasteiger partial charge in [-0.15, -0.1) is 0 Å². The number of anilines is 1. The van der Waals surface area contributed by atoms with E-state index < -0.39 is 35.9 Å². The summed E-state index contributed by atoms with van der Waals surface area (Å²) in [5.74, 6) is -1.94. The van der Waals surface area contributed by atoms with Crippen LogP contribution >= 0.6 is 11.6 Å². The van der Waals surface area contributed by atoms with Crippen LogP contribution in [0.5, 0.6) is 0 Å². The lowest BCUT2D eigenvalue weighted by Gasteiger charge is -2.17. The van der Waals surface area contributed by atoms with E-state index >= 15 is 0 Å². The maximum absolute atomic E-state index is 12.5. The fraction of sp³-hybridized carbons (Fsp3) is 0.444. The number of urea groups is 1. The minimum atomic E-state index is -1.10. The second kappa shape index (κ2) is 8.85. The molecule has 1 saturated heterocycles. The van der Waals surface area contributed by atoms with Gasteiger partial charge in [-0.05, 0) is 43.0 Å². The molecule has 8 nitrogen and oxygen atoms in total. The van der Waals surface area contributed by atoms with E-state index in [9.17, 15) is 19.2 Å². The Morgan fingerprint density at radius 1 is 1.26 bits per heavy atom. The molecule has 9 heteroatoms. The SMILES string of the molecule is CC(C)C[C@@H](NC(=O)CCC1NC(=O)N(c2ccc(Cl)cc2)C1=O)C(=O)O. The number of carboxylic acid groups (broad SMARTS) is 1. The van der Waals surface area contributed by atoms with Crippen LogP contribution in [0.3, 0.4) is 0 Å². The second-order valence-electron chi connectivity index (χ2n) is 6.78. The smallest absolute Gasteiger partial charge is 0.329 e. The average molecular weight is 396 g/mol. The molecule has 1 fully saturated rings. The molecule has 4 amide bonds. The molecule has 0 aliphatic carbocycles. The molecule has 0 radical (unpaired) electrons. The highest BCUT2D eigenvalue weighted by atomic mass is 35.5. The molecule has 2 rings (SSSR count). The van der Waals surface area contributed by atoms with Gasteiger partial charge in [0, 0.05) is 11.4 Å². The largest absolute Gasteiger partial charge is 0.480 e. The molecule has 1 unspecified atom stereocenters. The van der Waals surface area contributed by atoms with Crippen molar-refractivity contribution >= 4 is 41.1 Å². The molecule has 1 aromatic carbocycles. The Bertz CT molecular complexity index is 735. The maximum Gasteiger partial charge on any atom is 0.329 e. The molecular formula is C18H22ClN3O5. The number of hydrogen-bond acceptors (Lipinski definition) is 4. The standard InChI is InChI=1S/C18H22ClN3O5/c1-10(2)9-14(17(25)26)20-15(23)8-7-13-16(24)22(18(27)21-13)12-5-3-11(19)4-6-12/h3-6,10,13-14H,7-9H2,1-2H3,(H,20,23)(H,21,27)(H,25,26)/t13?,14-/m1/s1. The van der Waals surface area contributed by atoms with Crippen LogP contribution in [0.4, 0.5) is 10.5 Å². The number of amides is 4. The van der Waals surface area contributed by atoms with Gasteiger partial charge in [-0.25, -0.2) is 14.5 Å². The normalized spacial score (nSPS) is 17.8. The van der Waals surface area contributed by atoms with E-state index in [1.54, 1.807) is 24.3 Å². The van der Waals surface area contributed by atoms with Crippen molar-refractivity contribution in [2.45, 2.75) is 45.2 Å². The van der Waals surface area contributed by atoms with Gasteiger partial charge >= 0.3 is 12.0 Å². The molecule has 0 spiro atoms. The van der Waals surface area contributed by atoms with Gasteiger partial charge in [0.25, 0.3) is 5.91 Å². The second-order valence-corrected chi connectivity index (χ2v) is 7.22. The summed E-state index contributed by atoms with van der Waals surface area (Å²) in [6, 6.07) is 3.86. The summed E-state index contributed by atoms with van der Waals surface area (Å²) < 4.78 is 0. The first-order valence-electron chi connectivity index (χ1n) is 8.61. The predicted molar refractivity (Wildman–Crippen MR) is 99.5 cm³/mol. The lowest BCUT2D eigenvalue weighted by molar-refractivity contribution is -0.142. The van der Waals surface area contributed by atoms with Crippen molar-refractivity contribution < 1.29 is 24.3 Å². The zero-order valence-electron chi connectivity index (χ0n) is 15.1. The number of halogens is 1. The van der Waals surface area contributed by atoms with E-state index in [1.165, 1.54) is 0 Å². The lowest BCUT2D eigenvalue weighted by Crippen LogP contribution is -2.42. The van der Waals surface area contributed by atoms with Crippen molar-refractivity contribution in [3.8, 4) is 0 Å². The molecule has 3 N–H and O–H groups in total. The monoisotopic (exact) mass is 395 g/mol. The number of nitrogens with one attached hydrogen (secondary N) is 2. The number of carbonyl (C=O) groups excluding carboxylic acids is 3. The molecule has 146 valence electrons. The average Bonchev–Trinajstić information content (AvgIpc) is 2.87. The number of aliphatic carboxylic acids is 1. The number of hydrogen-bond donors (Lipinski definition) is 3. The van der Waals surface area contributed by atoms with Crippen LogP contribution in [0.25, 0.3) is 0 Å². The summed E-state index contributed by atoms with van der Waals surface area (Å²) in [6.45, 7) is 3.72. The van der Waals surface area contributed by atoms with Gasteiger partial charge in [0.15, 0.2) is 0 Å². The maximum atomic E-state index is 12.5. The quantitative estimate of drug-likeness (QED) is 0.583. The Morgan fingerprint density at radius 3 is 2.44 bits per heavy atom. The summed E-state index contributed by atoms with van der Waals surface area (Å²) in [5, 5.41) is 14.6. The fourth-order valence-corrected chi connectivity index (χ4v) is 2.92. The Labute approximate surface area is 161 Å². The number of rotatable bonds is 8. The van der Waals surface area contributed by atoms with E-state index in [4.69, 9.17) is 16.7 Å². The fourth-order valence-electron chi connectivity index (χ4n) is 2.80. The molecule has 0 bridgehead atoms. The van der Waals surface area contributed by atoms with Crippen molar-refractivity contribution in [3.05, 3.63) is 29.3 Å². The summed E-state index contributed by atoms with van der Waals surface area (Å²) in [4.78, 5) is 48.8. The van der Waals surface area contributed by atoms with E-state index in [2.05, 4.69) is 10.6 Å². The zero-order valence-corrected chi connectivity index (χ0v) is 15.8. The summed E-state index contributed by atoms with van der Waals surface area (Å²) >= 11 is 5.81. The summed E-state index contributed by atoms with van der Waals surface area (Å²) in [7, 11) is 0. The van der Waals surface area contributed by atoms with E-state index in [1.807, 2.05) is 13.8 Å². The third-order valence-corrected chi connectivity index (χ3v) is 4.36. The molecule has 1 aliphatic rings. The van der Waals surface area contributed by atoms with Crippen LogP contribution < -0.4 is 15.5 Å². The minimum Gasteiger partial charge on any atom is -0.480 e. The Hall–Kier alpha value is -2.61. The number of imide groups is 1. The van der Waals surface area contributed by atoms with Crippen molar-refractivity contribution in [3.63, 3.8) is 0 Å². The molecule has 27 heavy (non-hydrogen) atoms. The van der Waals surface area contributed by atoms with Crippen LogP contribution in [0, 0.1) is 5.92 Å². The van der Waals surface area contributed by atoms with Crippen molar-refractivity contribution in [1.29, 1.82) is 0 Å². The first-order valence-corrected chi connectivity index (χ1v) is 8.99. The highest BCUT2D eigenvalue weighted by Gasteiger charge is 2.39.